The summed E-state index contributed by atoms with van der Waals surface area (Å²) in [4.78, 5) is 15.5. The van der Waals surface area contributed by atoms with Crippen LogP contribution < -0.4 is 5.56 Å². The number of halogens is 1. The minimum atomic E-state index is -0.123. The van der Waals surface area contributed by atoms with Gasteiger partial charge in [0.1, 0.15) is 5.69 Å². The van der Waals surface area contributed by atoms with Gasteiger partial charge in [0.2, 0.25) is 0 Å². The van der Waals surface area contributed by atoms with Crippen molar-refractivity contribution in [3.63, 3.8) is 0 Å². The van der Waals surface area contributed by atoms with Crippen molar-refractivity contribution < 1.29 is 0 Å². The largest absolute Gasteiger partial charge is 0.295 e. The number of pyridine rings is 1. The number of nitrogens with zero attached hydrogens (tertiary/aromatic N) is 2. The molecule has 5 heteroatoms. The highest BCUT2D eigenvalue weighted by molar-refractivity contribution is 6.31. The Kier molecular flexibility index (Phi) is 2.60. The van der Waals surface area contributed by atoms with Crippen LogP contribution in [0.3, 0.4) is 0 Å². The fourth-order valence-electron chi connectivity index (χ4n) is 1.35. The van der Waals surface area contributed by atoms with Crippen LogP contribution in [-0.4, -0.2) is 14.8 Å². The molecule has 0 bridgehead atoms. The van der Waals surface area contributed by atoms with Crippen LogP contribution in [0.4, 0.5) is 0 Å². The van der Waals surface area contributed by atoms with Gasteiger partial charge in [-0.3, -0.25) is 9.89 Å². The van der Waals surface area contributed by atoms with Crippen molar-refractivity contribution in [1.29, 1.82) is 0 Å². The number of hydrogen-bond acceptors (Lipinski definition) is 2. The summed E-state index contributed by atoms with van der Waals surface area (Å²) in [5.74, 6) is 0. The lowest BCUT2D eigenvalue weighted by molar-refractivity contribution is 0.815. The third-order valence-corrected chi connectivity index (χ3v) is 2.43. The minimum absolute atomic E-state index is 0.123. The molecule has 1 N–H and O–H groups in total. The Morgan fingerprint density at radius 2 is 2.40 bits per heavy atom. The molecule has 0 aliphatic carbocycles. The molecule has 78 valence electrons. The van der Waals surface area contributed by atoms with Crippen LogP contribution in [0.15, 0.2) is 29.2 Å². The zero-order chi connectivity index (χ0) is 10.8. The molecule has 2 aromatic heterocycles. The summed E-state index contributed by atoms with van der Waals surface area (Å²) in [6, 6.07) is 5.04. The van der Waals surface area contributed by atoms with Crippen molar-refractivity contribution in [3.8, 4) is 5.69 Å². The Morgan fingerprint density at radius 3 is 3.00 bits per heavy atom. The van der Waals surface area contributed by atoms with Crippen molar-refractivity contribution in [2.75, 3.05) is 0 Å². The quantitative estimate of drug-likeness (QED) is 0.789. The smallest absolute Gasteiger partial charge is 0.271 e. The maximum Gasteiger partial charge on any atom is 0.271 e. The van der Waals surface area contributed by atoms with E-state index in [0.29, 0.717) is 10.8 Å². The van der Waals surface area contributed by atoms with E-state index in [-0.39, 0.29) is 5.56 Å². The Bertz CT molecular complexity index is 529. The standard InChI is InChI=1S/C10H10ClN3O/c1-2-7-6-9(15)14(13-7)8-4-3-5-12-10(8)11/h3-6,13H,2H2,1H3. The second-order valence-electron chi connectivity index (χ2n) is 3.12. The normalized spacial score (nSPS) is 10.5. The molecule has 0 unspecified atom stereocenters. The molecule has 0 saturated heterocycles. The summed E-state index contributed by atoms with van der Waals surface area (Å²) in [6.45, 7) is 1.97. The van der Waals surface area contributed by atoms with Crippen LogP contribution in [-0.2, 0) is 6.42 Å². The van der Waals surface area contributed by atoms with Gasteiger partial charge in [-0.15, -0.1) is 0 Å². The van der Waals surface area contributed by atoms with E-state index in [9.17, 15) is 4.79 Å². The van der Waals surface area contributed by atoms with Crippen LogP contribution in [0.1, 0.15) is 12.6 Å². The highest BCUT2D eigenvalue weighted by atomic mass is 35.5. The van der Waals surface area contributed by atoms with E-state index in [2.05, 4.69) is 10.1 Å². The van der Waals surface area contributed by atoms with Crippen LogP contribution in [0, 0.1) is 0 Å². The van der Waals surface area contributed by atoms with Crippen LogP contribution in [0.25, 0.3) is 5.69 Å². The summed E-state index contributed by atoms with van der Waals surface area (Å²) in [7, 11) is 0. The van der Waals surface area contributed by atoms with Crippen LogP contribution >= 0.6 is 11.6 Å². The van der Waals surface area contributed by atoms with Gasteiger partial charge in [0.05, 0.1) is 0 Å². The van der Waals surface area contributed by atoms with Gasteiger partial charge in [-0.25, -0.2) is 9.67 Å². The van der Waals surface area contributed by atoms with E-state index < -0.39 is 0 Å². The number of H-pyrrole nitrogens is 1. The predicted octanol–water partition coefficient (Wildman–Crippen LogP) is 1.78. The number of aryl methyl sites for hydroxylation is 1. The first-order chi connectivity index (χ1) is 7.22. The average Bonchev–Trinajstić information content (AvgIpc) is 2.60. The summed E-state index contributed by atoms with van der Waals surface area (Å²) in [5.41, 5.74) is 1.32. The SMILES string of the molecule is CCc1cc(=O)n(-c2cccnc2Cl)[nH]1. The van der Waals surface area contributed by atoms with Crippen LogP contribution in [0.2, 0.25) is 5.15 Å². The molecule has 0 amide bonds. The fourth-order valence-corrected chi connectivity index (χ4v) is 1.55. The van der Waals surface area contributed by atoms with Crippen molar-refractivity contribution >= 4 is 11.6 Å². The second kappa shape index (κ2) is 3.90. The van der Waals surface area contributed by atoms with Crippen molar-refractivity contribution in [2.45, 2.75) is 13.3 Å². The van der Waals surface area contributed by atoms with E-state index >= 15 is 0 Å². The number of hydrogen-bond donors (Lipinski definition) is 1. The highest BCUT2D eigenvalue weighted by Gasteiger charge is 2.07. The van der Waals surface area contributed by atoms with Gasteiger partial charge in [0, 0.05) is 18.0 Å². The monoisotopic (exact) mass is 223 g/mol. The molecular weight excluding hydrogens is 214 g/mol. The van der Waals surface area contributed by atoms with Gasteiger partial charge < -0.3 is 0 Å². The highest BCUT2D eigenvalue weighted by Crippen LogP contribution is 2.14. The molecule has 4 nitrogen and oxygen atoms in total. The predicted molar refractivity (Wildman–Crippen MR) is 58.6 cm³/mol. The maximum absolute atomic E-state index is 11.6. The molecule has 0 radical (unpaired) electrons. The lowest BCUT2D eigenvalue weighted by Gasteiger charge is -2.02. The molecule has 15 heavy (non-hydrogen) atoms. The zero-order valence-corrected chi connectivity index (χ0v) is 8.95. The van der Waals surface area contributed by atoms with Crippen LogP contribution in [0.5, 0.6) is 0 Å². The topological polar surface area (TPSA) is 50.7 Å². The number of aromatic amines is 1. The number of aromatic nitrogens is 3. The Hall–Kier alpha value is -1.55. The van der Waals surface area contributed by atoms with Crippen molar-refractivity contribution in [1.82, 2.24) is 14.8 Å². The van der Waals surface area contributed by atoms with E-state index in [0.717, 1.165) is 12.1 Å². The molecule has 2 aromatic rings. The van der Waals surface area contributed by atoms with Gasteiger partial charge in [0.25, 0.3) is 5.56 Å². The molecule has 0 aromatic carbocycles. The Labute approximate surface area is 91.5 Å². The zero-order valence-electron chi connectivity index (χ0n) is 8.20. The van der Waals surface area contributed by atoms with Gasteiger partial charge in [-0.1, -0.05) is 18.5 Å². The molecular formula is C10H10ClN3O. The molecule has 0 fully saturated rings. The lowest BCUT2D eigenvalue weighted by Crippen LogP contribution is -2.14. The summed E-state index contributed by atoms with van der Waals surface area (Å²) >= 11 is 5.89. The van der Waals surface area contributed by atoms with E-state index in [1.807, 2.05) is 6.92 Å². The third kappa shape index (κ3) is 1.80. The van der Waals surface area contributed by atoms with E-state index in [1.54, 1.807) is 24.4 Å². The summed E-state index contributed by atoms with van der Waals surface area (Å²) in [5, 5.41) is 3.28. The van der Waals surface area contributed by atoms with Gasteiger partial charge in [0.15, 0.2) is 5.15 Å². The Balaban J connectivity index is 2.59. The number of nitrogens with one attached hydrogen (secondary N) is 1. The molecule has 0 saturated carbocycles. The Morgan fingerprint density at radius 1 is 1.60 bits per heavy atom. The molecule has 0 spiro atoms. The van der Waals surface area contributed by atoms with Crippen molar-refractivity contribution in [2.24, 2.45) is 0 Å². The second-order valence-corrected chi connectivity index (χ2v) is 3.48. The maximum atomic E-state index is 11.6. The third-order valence-electron chi connectivity index (χ3n) is 2.13. The minimum Gasteiger partial charge on any atom is -0.295 e. The fraction of sp³-hybridized carbons (Fsp3) is 0.200. The van der Waals surface area contributed by atoms with Crippen molar-refractivity contribution in [3.05, 3.63) is 45.6 Å². The molecule has 2 rings (SSSR count). The summed E-state index contributed by atoms with van der Waals surface area (Å²) in [6.07, 6.45) is 2.36. The first-order valence-electron chi connectivity index (χ1n) is 4.64. The number of rotatable bonds is 2. The summed E-state index contributed by atoms with van der Waals surface area (Å²) < 4.78 is 1.40. The van der Waals surface area contributed by atoms with Gasteiger partial charge in [-0.05, 0) is 18.6 Å². The van der Waals surface area contributed by atoms with E-state index in [4.69, 9.17) is 11.6 Å². The van der Waals surface area contributed by atoms with Gasteiger partial charge >= 0.3 is 0 Å². The molecule has 0 aliphatic rings. The first kappa shape index (κ1) is 9.98. The van der Waals surface area contributed by atoms with E-state index in [1.165, 1.54) is 4.68 Å². The molecule has 0 aliphatic heterocycles. The van der Waals surface area contributed by atoms with Gasteiger partial charge in [-0.2, -0.15) is 0 Å². The average molecular weight is 224 g/mol. The lowest BCUT2D eigenvalue weighted by atomic mass is 10.3. The first-order valence-corrected chi connectivity index (χ1v) is 5.02. The molecule has 2 heterocycles. The molecule has 0 atom stereocenters.